The smallest absolute Gasteiger partial charge is 0.241 e. The van der Waals surface area contributed by atoms with Gasteiger partial charge in [-0.05, 0) is 83.9 Å². The number of halogens is 2. The summed E-state index contributed by atoms with van der Waals surface area (Å²) in [7, 11) is -0.0842. The van der Waals surface area contributed by atoms with Gasteiger partial charge in [-0.15, -0.1) is 12.4 Å². The van der Waals surface area contributed by atoms with Crippen molar-refractivity contribution in [2.24, 2.45) is 0 Å². The average Bonchev–Trinajstić information content (AvgIpc) is 3.21. The van der Waals surface area contributed by atoms with E-state index in [0.717, 1.165) is 56.7 Å². The van der Waals surface area contributed by atoms with Crippen LogP contribution in [-0.2, 0) is 22.9 Å². The van der Waals surface area contributed by atoms with Crippen LogP contribution >= 0.6 is 28.3 Å². The second-order valence-corrected chi connectivity index (χ2v) is 10.6. The average molecular weight is 546 g/mol. The quantitative estimate of drug-likeness (QED) is 0.470. The summed E-state index contributed by atoms with van der Waals surface area (Å²) in [6, 6.07) is 9.45. The summed E-state index contributed by atoms with van der Waals surface area (Å²) in [4.78, 5) is 2.83. The van der Waals surface area contributed by atoms with E-state index in [0.29, 0.717) is 17.1 Å². The van der Waals surface area contributed by atoms with Gasteiger partial charge in [0.1, 0.15) is 0 Å². The number of hydrogen-bond donors (Lipinski definition) is 1. The summed E-state index contributed by atoms with van der Waals surface area (Å²) in [5.41, 5.74) is 4.11. The first-order valence-electron chi connectivity index (χ1n) is 10.7. The lowest BCUT2D eigenvalue weighted by atomic mass is 9.92. The van der Waals surface area contributed by atoms with Crippen LogP contribution < -0.4 is 14.2 Å². The molecule has 0 radical (unpaired) electrons. The standard InChI is InChI=1S/C23H29BrN2O4S.ClH/c1-29-20-15-16-11-14-26(19-10-9-17(22(16)19)23(20)30-2)13-6-5-12-25-31(27,28)21-8-4-3-7-18(21)24;/h3-4,7-8,15,19,25H,5-6,9-14H2,1-2H3;1H. The van der Waals surface area contributed by atoms with Gasteiger partial charge in [-0.2, -0.15) is 0 Å². The van der Waals surface area contributed by atoms with E-state index in [1.165, 1.54) is 16.7 Å². The van der Waals surface area contributed by atoms with Crippen LogP contribution in [0.3, 0.4) is 0 Å². The van der Waals surface area contributed by atoms with E-state index in [4.69, 9.17) is 9.47 Å². The van der Waals surface area contributed by atoms with Gasteiger partial charge in [0.25, 0.3) is 0 Å². The number of ether oxygens (including phenoxy) is 2. The molecule has 6 nitrogen and oxygen atoms in total. The molecule has 2 aromatic rings. The molecule has 0 saturated heterocycles. The van der Waals surface area contributed by atoms with Crippen molar-refractivity contribution in [2.45, 2.75) is 43.0 Å². The summed E-state index contributed by atoms with van der Waals surface area (Å²) < 4.78 is 39.5. The van der Waals surface area contributed by atoms with Crippen LogP contribution in [0.2, 0.25) is 0 Å². The fourth-order valence-corrected chi connectivity index (χ4v) is 6.95. The van der Waals surface area contributed by atoms with E-state index < -0.39 is 10.0 Å². The zero-order chi connectivity index (χ0) is 22.0. The van der Waals surface area contributed by atoms with Crippen LogP contribution in [-0.4, -0.2) is 47.2 Å². The van der Waals surface area contributed by atoms with Crippen LogP contribution in [0.1, 0.15) is 42.0 Å². The number of hydrogen-bond acceptors (Lipinski definition) is 5. The number of nitrogens with zero attached hydrogens (tertiary/aromatic N) is 1. The molecule has 176 valence electrons. The van der Waals surface area contributed by atoms with Crippen LogP contribution in [0.5, 0.6) is 11.5 Å². The minimum absolute atomic E-state index is 0. The number of methoxy groups -OCH3 is 2. The molecule has 1 aliphatic carbocycles. The van der Waals surface area contributed by atoms with Crippen LogP contribution in [0.4, 0.5) is 0 Å². The summed E-state index contributed by atoms with van der Waals surface area (Å²) >= 11 is 3.32. The lowest BCUT2D eigenvalue weighted by Crippen LogP contribution is -2.35. The highest BCUT2D eigenvalue weighted by Crippen LogP contribution is 2.48. The first-order chi connectivity index (χ1) is 15.0. The topological polar surface area (TPSA) is 67.9 Å². The summed E-state index contributed by atoms with van der Waals surface area (Å²) in [5.74, 6) is 1.72. The Morgan fingerprint density at radius 1 is 1.16 bits per heavy atom. The van der Waals surface area contributed by atoms with Crippen LogP contribution in [0, 0.1) is 0 Å². The van der Waals surface area contributed by atoms with Gasteiger partial charge in [-0.1, -0.05) is 12.1 Å². The van der Waals surface area contributed by atoms with Crippen molar-refractivity contribution >= 4 is 38.4 Å². The molecule has 0 aromatic heterocycles. The van der Waals surface area contributed by atoms with E-state index >= 15 is 0 Å². The van der Waals surface area contributed by atoms with E-state index in [1.54, 1.807) is 38.5 Å². The Labute approximate surface area is 205 Å². The minimum Gasteiger partial charge on any atom is -0.493 e. The molecule has 0 spiro atoms. The fourth-order valence-electron chi connectivity index (χ4n) is 4.88. The normalized spacial score (nSPS) is 17.5. The third kappa shape index (κ3) is 4.94. The molecule has 0 fully saturated rings. The third-order valence-corrected chi connectivity index (χ3v) is 8.77. The lowest BCUT2D eigenvalue weighted by molar-refractivity contribution is 0.182. The van der Waals surface area contributed by atoms with E-state index in [9.17, 15) is 8.42 Å². The Kier molecular flexibility index (Phi) is 8.49. The number of sulfonamides is 1. The predicted octanol–water partition coefficient (Wildman–Crippen LogP) is 4.49. The Hall–Kier alpha value is -1.32. The molecular weight excluding hydrogens is 516 g/mol. The lowest BCUT2D eigenvalue weighted by Gasteiger charge is -2.35. The number of nitrogens with one attached hydrogen (secondary N) is 1. The first kappa shape index (κ1) is 25.3. The van der Waals surface area contributed by atoms with Crippen molar-refractivity contribution in [1.29, 1.82) is 0 Å². The van der Waals surface area contributed by atoms with Crippen LogP contribution in [0.25, 0.3) is 0 Å². The number of rotatable bonds is 9. The second-order valence-electron chi connectivity index (χ2n) is 8.04. The Bertz CT molecular complexity index is 1060. The Morgan fingerprint density at radius 3 is 2.66 bits per heavy atom. The van der Waals surface area contributed by atoms with Crippen molar-refractivity contribution < 1.29 is 17.9 Å². The molecule has 2 aliphatic rings. The number of unbranched alkanes of at least 4 members (excludes halogenated alkanes) is 1. The molecule has 1 heterocycles. The van der Waals surface area contributed by atoms with E-state index in [2.05, 4.69) is 31.6 Å². The SMILES string of the molecule is COc1cc2c3c(c1OC)CCC3N(CCCCNS(=O)(=O)c1ccccc1Br)CC2.Cl. The fraction of sp³-hybridized carbons (Fsp3) is 0.478. The molecule has 1 aliphatic heterocycles. The molecule has 4 rings (SSSR count). The molecule has 1 N–H and O–H groups in total. The van der Waals surface area contributed by atoms with Crippen molar-refractivity contribution in [3.05, 3.63) is 51.5 Å². The van der Waals surface area contributed by atoms with Gasteiger partial charge in [-0.3, -0.25) is 4.90 Å². The molecule has 32 heavy (non-hydrogen) atoms. The third-order valence-electron chi connectivity index (χ3n) is 6.30. The maximum atomic E-state index is 12.5. The minimum atomic E-state index is -3.49. The Balaban J connectivity index is 0.00000289. The van der Waals surface area contributed by atoms with E-state index in [-0.39, 0.29) is 17.3 Å². The molecular formula is C23H30BrClN2O4S. The maximum Gasteiger partial charge on any atom is 0.241 e. The second kappa shape index (κ2) is 10.7. The molecule has 1 unspecified atom stereocenters. The van der Waals surface area contributed by atoms with Gasteiger partial charge >= 0.3 is 0 Å². The largest absolute Gasteiger partial charge is 0.493 e. The summed E-state index contributed by atoms with van der Waals surface area (Å²) in [6.45, 7) is 2.43. The molecule has 1 atom stereocenters. The zero-order valence-electron chi connectivity index (χ0n) is 18.4. The highest BCUT2D eigenvalue weighted by molar-refractivity contribution is 9.10. The monoisotopic (exact) mass is 544 g/mol. The summed E-state index contributed by atoms with van der Waals surface area (Å²) in [6.07, 6.45) is 4.87. The molecule has 0 saturated carbocycles. The highest BCUT2D eigenvalue weighted by Gasteiger charge is 2.36. The number of benzene rings is 2. The van der Waals surface area contributed by atoms with Gasteiger partial charge in [0.2, 0.25) is 10.0 Å². The van der Waals surface area contributed by atoms with E-state index in [1.807, 2.05) is 0 Å². The molecule has 0 bridgehead atoms. The zero-order valence-corrected chi connectivity index (χ0v) is 21.6. The van der Waals surface area contributed by atoms with Crippen molar-refractivity contribution in [2.75, 3.05) is 33.9 Å². The molecule has 9 heteroatoms. The van der Waals surface area contributed by atoms with Crippen molar-refractivity contribution in [3.63, 3.8) is 0 Å². The Morgan fingerprint density at radius 2 is 1.94 bits per heavy atom. The first-order valence-corrected chi connectivity index (χ1v) is 13.0. The predicted molar refractivity (Wildman–Crippen MR) is 132 cm³/mol. The van der Waals surface area contributed by atoms with Crippen LogP contribution in [0.15, 0.2) is 39.7 Å². The van der Waals surface area contributed by atoms with Gasteiger partial charge in [0.05, 0.1) is 19.1 Å². The molecule has 2 aromatic carbocycles. The van der Waals surface area contributed by atoms with Crippen molar-refractivity contribution in [3.8, 4) is 11.5 Å². The van der Waals surface area contributed by atoms with Crippen molar-refractivity contribution in [1.82, 2.24) is 9.62 Å². The van der Waals surface area contributed by atoms with Gasteiger partial charge < -0.3 is 9.47 Å². The summed E-state index contributed by atoms with van der Waals surface area (Å²) in [5, 5.41) is 0. The van der Waals surface area contributed by atoms with Gasteiger partial charge in [0.15, 0.2) is 11.5 Å². The highest BCUT2D eigenvalue weighted by atomic mass is 79.9. The van der Waals surface area contributed by atoms with Gasteiger partial charge in [0, 0.05) is 29.2 Å². The maximum absolute atomic E-state index is 12.5. The molecule has 0 amide bonds. The van der Waals surface area contributed by atoms with Gasteiger partial charge in [-0.25, -0.2) is 13.1 Å².